The number of rotatable bonds is 9. The van der Waals surface area contributed by atoms with Gasteiger partial charge in [-0.2, -0.15) is 0 Å². The summed E-state index contributed by atoms with van der Waals surface area (Å²) in [6.45, 7) is 7.65. The van der Waals surface area contributed by atoms with Crippen LogP contribution in [0.3, 0.4) is 0 Å². The van der Waals surface area contributed by atoms with E-state index in [1.807, 2.05) is 6.92 Å². The van der Waals surface area contributed by atoms with Crippen molar-refractivity contribution in [2.45, 2.75) is 33.6 Å². The Morgan fingerprint density at radius 2 is 1.90 bits per heavy atom. The summed E-state index contributed by atoms with van der Waals surface area (Å²) in [7, 11) is 1.33. The maximum Gasteiger partial charge on any atom is 0.321 e. The number of hydrogen-bond donors (Lipinski definition) is 2. The molecule has 7 nitrogen and oxygen atoms in total. The normalized spacial score (nSPS) is 10.6. The number of likely N-dealkylation sites (N-methyl/N-ethyl adjacent to an activating group) is 1. The molecule has 0 atom stereocenters. The second kappa shape index (κ2) is 11.1. The Balaban J connectivity index is 3.98. The number of hydrogen-bond acceptors (Lipinski definition) is 5. The molecule has 0 fully saturated rings. The monoisotopic (exact) mass is 301 g/mol. The highest BCUT2D eigenvalue weighted by molar-refractivity contribution is 5.95. The van der Waals surface area contributed by atoms with Gasteiger partial charge in [0.15, 0.2) is 0 Å². The second-order valence-electron chi connectivity index (χ2n) is 5.18. The summed E-state index contributed by atoms with van der Waals surface area (Å²) in [5, 5.41) is 4.91. The van der Waals surface area contributed by atoms with E-state index < -0.39 is 6.03 Å². The molecule has 0 spiro atoms. The number of esters is 1. The first-order valence-corrected chi connectivity index (χ1v) is 7.25. The lowest BCUT2D eigenvalue weighted by molar-refractivity contribution is -0.141. The summed E-state index contributed by atoms with van der Waals surface area (Å²) in [6.07, 6.45) is 1.08. The van der Waals surface area contributed by atoms with E-state index in [-0.39, 0.29) is 24.8 Å². The van der Waals surface area contributed by atoms with E-state index in [9.17, 15) is 14.4 Å². The quantitative estimate of drug-likeness (QED) is 0.613. The number of methoxy groups -OCH3 is 1. The highest BCUT2D eigenvalue weighted by Crippen LogP contribution is 1.96. The summed E-state index contributed by atoms with van der Waals surface area (Å²) >= 11 is 0. The molecule has 0 unspecified atom stereocenters. The molecule has 0 aliphatic heterocycles. The van der Waals surface area contributed by atoms with Crippen molar-refractivity contribution >= 4 is 17.9 Å². The molecule has 0 aromatic rings. The lowest BCUT2D eigenvalue weighted by Crippen LogP contribution is -2.45. The highest BCUT2D eigenvalue weighted by atomic mass is 16.5. The minimum atomic E-state index is -0.482. The van der Waals surface area contributed by atoms with Gasteiger partial charge in [-0.1, -0.05) is 20.8 Å². The molecule has 7 heteroatoms. The summed E-state index contributed by atoms with van der Waals surface area (Å²) in [6, 6.07) is -0.482. The molecule has 0 saturated heterocycles. The van der Waals surface area contributed by atoms with Gasteiger partial charge in [-0.25, -0.2) is 4.79 Å². The Kier molecular flexibility index (Phi) is 10.2. The van der Waals surface area contributed by atoms with Gasteiger partial charge in [0.1, 0.15) is 0 Å². The van der Waals surface area contributed by atoms with Gasteiger partial charge in [0.25, 0.3) is 0 Å². The van der Waals surface area contributed by atoms with Crippen molar-refractivity contribution in [3.63, 3.8) is 0 Å². The number of urea groups is 1. The first-order valence-electron chi connectivity index (χ1n) is 7.25. The topological polar surface area (TPSA) is 87.7 Å². The molecule has 0 aromatic heterocycles. The average Bonchev–Trinajstić information content (AvgIpc) is 2.42. The van der Waals surface area contributed by atoms with Crippen molar-refractivity contribution in [2.24, 2.45) is 5.92 Å². The van der Waals surface area contributed by atoms with Crippen LogP contribution in [0, 0.1) is 5.92 Å². The Labute approximate surface area is 126 Å². The molecule has 0 radical (unpaired) electrons. The minimum absolute atomic E-state index is 0.0745. The van der Waals surface area contributed by atoms with Gasteiger partial charge in [0.05, 0.1) is 20.1 Å². The molecule has 0 aromatic carbocycles. The minimum Gasteiger partial charge on any atom is -0.469 e. The van der Waals surface area contributed by atoms with E-state index in [1.165, 1.54) is 7.11 Å². The molecule has 0 aliphatic carbocycles. The Morgan fingerprint density at radius 3 is 2.43 bits per heavy atom. The van der Waals surface area contributed by atoms with E-state index >= 15 is 0 Å². The van der Waals surface area contributed by atoms with Crippen LogP contribution in [-0.4, -0.2) is 56.1 Å². The third-order valence-corrected chi connectivity index (χ3v) is 2.93. The SMILES string of the molecule is CCN(CCC(=O)OC)CC(=O)NC(=O)NCCC(C)C. The van der Waals surface area contributed by atoms with Crippen molar-refractivity contribution in [2.75, 3.05) is 33.3 Å². The number of nitrogens with one attached hydrogen (secondary N) is 2. The van der Waals surface area contributed by atoms with Gasteiger partial charge >= 0.3 is 12.0 Å². The molecule has 122 valence electrons. The second-order valence-corrected chi connectivity index (χ2v) is 5.18. The summed E-state index contributed by atoms with van der Waals surface area (Å²) in [4.78, 5) is 36.0. The van der Waals surface area contributed by atoms with Crippen molar-refractivity contribution in [3.05, 3.63) is 0 Å². The molecule has 21 heavy (non-hydrogen) atoms. The van der Waals surface area contributed by atoms with Crippen molar-refractivity contribution < 1.29 is 19.1 Å². The van der Waals surface area contributed by atoms with Crippen LogP contribution < -0.4 is 10.6 Å². The molecular weight excluding hydrogens is 274 g/mol. The standard InChI is InChI=1S/C14H27N3O4/c1-5-17(9-7-13(19)21-4)10-12(18)16-14(20)15-8-6-11(2)3/h11H,5-10H2,1-4H3,(H2,15,16,18,20). The van der Waals surface area contributed by atoms with E-state index in [4.69, 9.17) is 0 Å². The maximum atomic E-state index is 11.7. The number of nitrogens with zero attached hydrogens (tertiary/aromatic N) is 1. The molecule has 0 saturated carbocycles. The van der Waals surface area contributed by atoms with Crippen LogP contribution in [0.15, 0.2) is 0 Å². The molecule has 2 N–H and O–H groups in total. The Morgan fingerprint density at radius 1 is 1.24 bits per heavy atom. The largest absolute Gasteiger partial charge is 0.469 e. The fourth-order valence-corrected chi connectivity index (χ4v) is 1.59. The first kappa shape index (κ1) is 19.4. The van der Waals surface area contributed by atoms with Crippen molar-refractivity contribution in [1.29, 1.82) is 0 Å². The highest BCUT2D eigenvalue weighted by Gasteiger charge is 2.13. The van der Waals surface area contributed by atoms with Crippen molar-refractivity contribution in [1.82, 2.24) is 15.5 Å². The van der Waals surface area contributed by atoms with Crippen LogP contribution in [0.2, 0.25) is 0 Å². The third-order valence-electron chi connectivity index (χ3n) is 2.93. The van der Waals surface area contributed by atoms with Crippen LogP contribution in [-0.2, 0) is 14.3 Å². The maximum absolute atomic E-state index is 11.7. The van der Waals surface area contributed by atoms with Gasteiger partial charge in [0, 0.05) is 13.1 Å². The van der Waals surface area contributed by atoms with Gasteiger partial charge in [0.2, 0.25) is 5.91 Å². The Bertz CT molecular complexity index is 345. The first-order chi connectivity index (χ1) is 9.88. The molecule has 0 rings (SSSR count). The van der Waals surface area contributed by atoms with Crippen LogP contribution in [0.25, 0.3) is 0 Å². The van der Waals surface area contributed by atoms with Crippen LogP contribution >= 0.6 is 0 Å². The number of ether oxygens (including phenoxy) is 1. The predicted octanol–water partition coefficient (Wildman–Crippen LogP) is 0.743. The fraction of sp³-hybridized carbons (Fsp3) is 0.786. The summed E-state index contributed by atoms with van der Waals surface area (Å²) in [5.41, 5.74) is 0. The zero-order valence-corrected chi connectivity index (χ0v) is 13.4. The van der Waals surface area contributed by atoms with Gasteiger partial charge in [-0.3, -0.25) is 19.8 Å². The summed E-state index contributed by atoms with van der Waals surface area (Å²) in [5.74, 6) is -0.209. The molecule has 0 bridgehead atoms. The van der Waals surface area contributed by atoms with Gasteiger partial charge in [-0.15, -0.1) is 0 Å². The number of carbonyl (C=O) groups is 3. The molecule has 3 amide bonds. The number of carbonyl (C=O) groups excluding carboxylic acids is 3. The third kappa shape index (κ3) is 10.8. The van der Waals surface area contributed by atoms with Gasteiger partial charge < -0.3 is 10.1 Å². The number of amides is 3. The van der Waals surface area contributed by atoms with Crippen LogP contribution in [0.4, 0.5) is 4.79 Å². The van der Waals surface area contributed by atoms with Crippen LogP contribution in [0.1, 0.15) is 33.6 Å². The zero-order chi connectivity index (χ0) is 16.3. The molecule has 0 heterocycles. The molecule has 0 aliphatic rings. The van der Waals surface area contributed by atoms with E-state index in [2.05, 4.69) is 29.2 Å². The fourth-order valence-electron chi connectivity index (χ4n) is 1.59. The van der Waals surface area contributed by atoms with E-state index in [0.717, 1.165) is 6.42 Å². The lowest BCUT2D eigenvalue weighted by atomic mass is 10.1. The Hall–Kier alpha value is -1.63. The average molecular weight is 301 g/mol. The van der Waals surface area contributed by atoms with Crippen molar-refractivity contribution in [3.8, 4) is 0 Å². The predicted molar refractivity (Wildman–Crippen MR) is 79.7 cm³/mol. The zero-order valence-electron chi connectivity index (χ0n) is 13.4. The van der Waals surface area contributed by atoms with Gasteiger partial charge in [-0.05, 0) is 18.9 Å². The number of imide groups is 1. The lowest BCUT2D eigenvalue weighted by Gasteiger charge is -2.18. The smallest absolute Gasteiger partial charge is 0.321 e. The van der Waals surface area contributed by atoms with Crippen LogP contribution in [0.5, 0.6) is 0 Å². The summed E-state index contributed by atoms with van der Waals surface area (Å²) < 4.78 is 4.55. The van der Waals surface area contributed by atoms with E-state index in [0.29, 0.717) is 25.6 Å². The van der Waals surface area contributed by atoms with E-state index in [1.54, 1.807) is 4.90 Å². The molecular formula is C14H27N3O4.